The number of hydrogen-bond donors (Lipinski definition) is 2. The van der Waals surface area contributed by atoms with E-state index < -0.39 is 17.9 Å². The van der Waals surface area contributed by atoms with Gasteiger partial charge in [0.25, 0.3) is 0 Å². The molecular formula is C18H18BrNO4. The number of aliphatic carboxylic acids is 1. The van der Waals surface area contributed by atoms with E-state index in [4.69, 9.17) is 4.74 Å². The fraction of sp³-hybridized carbons (Fsp3) is 0.222. The zero-order valence-corrected chi connectivity index (χ0v) is 14.5. The third-order valence-corrected chi connectivity index (χ3v) is 4.13. The smallest absolute Gasteiger partial charge is 0.326 e. The SMILES string of the molecule is O=C(COCc1ccccc1)N[C@@H](Cc1ccccc1Br)C(=O)O. The molecule has 126 valence electrons. The first-order valence-electron chi connectivity index (χ1n) is 7.43. The summed E-state index contributed by atoms with van der Waals surface area (Å²) in [5.41, 5.74) is 1.77. The number of ether oxygens (including phenoxy) is 1. The number of nitrogens with one attached hydrogen (secondary N) is 1. The predicted octanol–water partition coefficient (Wildman–Crippen LogP) is 2.78. The Morgan fingerprint density at radius 2 is 1.75 bits per heavy atom. The van der Waals surface area contributed by atoms with E-state index in [2.05, 4.69) is 21.2 Å². The van der Waals surface area contributed by atoms with Crippen LogP contribution in [0, 0.1) is 0 Å². The molecule has 0 aliphatic heterocycles. The molecule has 0 unspecified atom stereocenters. The lowest BCUT2D eigenvalue weighted by Gasteiger charge is -2.15. The number of carbonyl (C=O) groups is 2. The highest BCUT2D eigenvalue weighted by atomic mass is 79.9. The molecule has 24 heavy (non-hydrogen) atoms. The summed E-state index contributed by atoms with van der Waals surface area (Å²) in [6.45, 7) is 0.116. The molecule has 5 nitrogen and oxygen atoms in total. The van der Waals surface area contributed by atoms with Crippen LogP contribution >= 0.6 is 15.9 Å². The average Bonchev–Trinajstić information content (AvgIpc) is 2.57. The van der Waals surface area contributed by atoms with E-state index in [1.807, 2.05) is 54.6 Å². The summed E-state index contributed by atoms with van der Waals surface area (Å²) >= 11 is 3.38. The fourth-order valence-electron chi connectivity index (χ4n) is 2.16. The van der Waals surface area contributed by atoms with E-state index in [0.29, 0.717) is 6.61 Å². The number of halogens is 1. The number of carbonyl (C=O) groups excluding carboxylic acids is 1. The molecule has 2 aromatic carbocycles. The second-order valence-electron chi connectivity index (χ2n) is 5.23. The van der Waals surface area contributed by atoms with Crippen LogP contribution in [-0.2, 0) is 27.4 Å². The molecular weight excluding hydrogens is 374 g/mol. The lowest BCUT2D eigenvalue weighted by atomic mass is 10.1. The van der Waals surface area contributed by atoms with E-state index >= 15 is 0 Å². The van der Waals surface area contributed by atoms with Gasteiger partial charge < -0.3 is 15.2 Å². The Balaban J connectivity index is 1.85. The summed E-state index contributed by atoms with van der Waals surface area (Å²) in [5, 5.41) is 11.8. The first-order valence-corrected chi connectivity index (χ1v) is 8.23. The van der Waals surface area contributed by atoms with Crippen LogP contribution in [0.3, 0.4) is 0 Å². The molecule has 0 aromatic heterocycles. The molecule has 2 N–H and O–H groups in total. The molecule has 0 saturated carbocycles. The molecule has 0 aliphatic carbocycles. The largest absolute Gasteiger partial charge is 0.480 e. The minimum absolute atomic E-state index is 0.186. The van der Waals surface area contributed by atoms with Crippen LogP contribution in [0.15, 0.2) is 59.1 Å². The number of carboxylic acid groups (broad SMARTS) is 1. The number of rotatable bonds is 8. The summed E-state index contributed by atoms with van der Waals surface area (Å²) in [5.74, 6) is -1.53. The van der Waals surface area contributed by atoms with Crippen LogP contribution in [0.5, 0.6) is 0 Å². The molecule has 6 heteroatoms. The van der Waals surface area contributed by atoms with Gasteiger partial charge in [0, 0.05) is 10.9 Å². The highest BCUT2D eigenvalue weighted by Gasteiger charge is 2.21. The predicted molar refractivity (Wildman–Crippen MR) is 93.5 cm³/mol. The molecule has 0 spiro atoms. The molecule has 0 bridgehead atoms. The third-order valence-electron chi connectivity index (χ3n) is 3.36. The fourth-order valence-corrected chi connectivity index (χ4v) is 2.60. The molecule has 1 amide bonds. The van der Waals surface area contributed by atoms with Crippen LogP contribution < -0.4 is 5.32 Å². The van der Waals surface area contributed by atoms with Gasteiger partial charge in [0.05, 0.1) is 6.61 Å². The van der Waals surface area contributed by atoms with Crippen LogP contribution in [0.1, 0.15) is 11.1 Å². The zero-order valence-electron chi connectivity index (χ0n) is 12.9. The highest BCUT2D eigenvalue weighted by Crippen LogP contribution is 2.17. The molecule has 0 heterocycles. The molecule has 0 radical (unpaired) electrons. The first-order chi connectivity index (χ1) is 11.6. The van der Waals surface area contributed by atoms with Gasteiger partial charge in [-0.1, -0.05) is 64.5 Å². The van der Waals surface area contributed by atoms with Crippen molar-refractivity contribution in [3.8, 4) is 0 Å². The van der Waals surface area contributed by atoms with E-state index in [0.717, 1.165) is 15.6 Å². The van der Waals surface area contributed by atoms with Crippen LogP contribution in [-0.4, -0.2) is 29.6 Å². The normalized spacial score (nSPS) is 11.7. The topological polar surface area (TPSA) is 75.6 Å². The Morgan fingerprint density at radius 3 is 2.42 bits per heavy atom. The quantitative estimate of drug-likeness (QED) is 0.725. The maximum absolute atomic E-state index is 11.9. The summed E-state index contributed by atoms with van der Waals surface area (Å²) in [4.78, 5) is 23.3. The van der Waals surface area contributed by atoms with Crippen LogP contribution in [0.4, 0.5) is 0 Å². The number of amides is 1. The zero-order chi connectivity index (χ0) is 17.4. The van der Waals surface area contributed by atoms with Gasteiger partial charge in [0.15, 0.2) is 0 Å². The van der Waals surface area contributed by atoms with Gasteiger partial charge in [-0.25, -0.2) is 4.79 Å². The van der Waals surface area contributed by atoms with Gasteiger partial charge in [-0.05, 0) is 17.2 Å². The molecule has 1 atom stereocenters. The maximum Gasteiger partial charge on any atom is 0.326 e. The van der Waals surface area contributed by atoms with Gasteiger partial charge in [-0.3, -0.25) is 4.79 Å². The Morgan fingerprint density at radius 1 is 1.08 bits per heavy atom. The standard InChI is InChI=1S/C18H18BrNO4/c19-15-9-5-4-8-14(15)10-16(18(22)23)20-17(21)12-24-11-13-6-2-1-3-7-13/h1-9,16H,10-12H2,(H,20,21)(H,22,23)/t16-/m0/s1. The average molecular weight is 392 g/mol. The number of carboxylic acids is 1. The molecule has 0 aliphatic rings. The Hall–Kier alpha value is -2.18. The van der Waals surface area contributed by atoms with Crippen LogP contribution in [0.25, 0.3) is 0 Å². The van der Waals surface area contributed by atoms with Crippen molar-refractivity contribution in [2.75, 3.05) is 6.61 Å². The Labute approximate surface area is 148 Å². The van der Waals surface area contributed by atoms with Crippen molar-refractivity contribution in [3.63, 3.8) is 0 Å². The van der Waals surface area contributed by atoms with Crippen molar-refractivity contribution in [2.24, 2.45) is 0 Å². The lowest BCUT2D eigenvalue weighted by molar-refractivity contribution is -0.142. The van der Waals surface area contributed by atoms with Crippen molar-refractivity contribution in [1.29, 1.82) is 0 Å². The first kappa shape index (κ1) is 18.2. The molecule has 2 rings (SSSR count). The van der Waals surface area contributed by atoms with Crippen molar-refractivity contribution in [2.45, 2.75) is 19.1 Å². The van der Waals surface area contributed by atoms with Gasteiger partial charge >= 0.3 is 5.97 Å². The van der Waals surface area contributed by atoms with Crippen molar-refractivity contribution in [1.82, 2.24) is 5.32 Å². The van der Waals surface area contributed by atoms with Crippen LogP contribution in [0.2, 0.25) is 0 Å². The lowest BCUT2D eigenvalue weighted by Crippen LogP contribution is -2.43. The summed E-state index contributed by atoms with van der Waals surface area (Å²) < 4.78 is 6.13. The van der Waals surface area contributed by atoms with Gasteiger partial charge in [-0.15, -0.1) is 0 Å². The van der Waals surface area contributed by atoms with Gasteiger partial charge in [-0.2, -0.15) is 0 Å². The summed E-state index contributed by atoms with van der Waals surface area (Å²) in [6.07, 6.45) is 0.196. The minimum Gasteiger partial charge on any atom is -0.480 e. The van der Waals surface area contributed by atoms with Gasteiger partial charge in [0.2, 0.25) is 5.91 Å². The van der Waals surface area contributed by atoms with E-state index in [1.54, 1.807) is 0 Å². The monoisotopic (exact) mass is 391 g/mol. The second-order valence-corrected chi connectivity index (χ2v) is 6.09. The maximum atomic E-state index is 11.9. The third kappa shape index (κ3) is 5.79. The van der Waals surface area contributed by atoms with E-state index in [9.17, 15) is 14.7 Å². The molecule has 0 saturated heterocycles. The minimum atomic E-state index is -1.08. The highest BCUT2D eigenvalue weighted by molar-refractivity contribution is 9.10. The Kier molecular flexibility index (Phi) is 6.96. The molecule has 0 fully saturated rings. The summed E-state index contributed by atoms with van der Waals surface area (Å²) in [7, 11) is 0. The molecule has 2 aromatic rings. The number of benzene rings is 2. The van der Waals surface area contributed by atoms with Crippen molar-refractivity contribution >= 4 is 27.8 Å². The van der Waals surface area contributed by atoms with E-state index in [1.165, 1.54) is 0 Å². The van der Waals surface area contributed by atoms with E-state index in [-0.39, 0.29) is 13.0 Å². The second kappa shape index (κ2) is 9.20. The van der Waals surface area contributed by atoms with Gasteiger partial charge in [0.1, 0.15) is 12.6 Å². The summed E-state index contributed by atoms with van der Waals surface area (Å²) in [6, 6.07) is 15.8. The van der Waals surface area contributed by atoms with Crippen molar-refractivity contribution < 1.29 is 19.4 Å². The van der Waals surface area contributed by atoms with Crippen molar-refractivity contribution in [3.05, 3.63) is 70.2 Å². The Bertz CT molecular complexity index is 690. The number of hydrogen-bond acceptors (Lipinski definition) is 3.